The predicted molar refractivity (Wildman–Crippen MR) is 84.2 cm³/mol. The van der Waals surface area contributed by atoms with Crippen LogP contribution < -0.4 is 5.32 Å². The molecule has 1 atom stereocenters. The van der Waals surface area contributed by atoms with E-state index in [0.29, 0.717) is 24.5 Å². The van der Waals surface area contributed by atoms with Gasteiger partial charge in [-0.2, -0.15) is 0 Å². The summed E-state index contributed by atoms with van der Waals surface area (Å²) in [6.45, 7) is 0.936. The molecule has 4 rings (SSSR count). The fraction of sp³-hybridized carbons (Fsp3) is 0.333. The second-order valence-corrected chi connectivity index (χ2v) is 6.63. The second-order valence-electron chi connectivity index (χ2n) is 5.60. The van der Waals surface area contributed by atoms with Crippen molar-refractivity contribution in [2.24, 2.45) is 0 Å². The summed E-state index contributed by atoms with van der Waals surface area (Å²) in [4.78, 5) is 43.4. The van der Waals surface area contributed by atoms with Gasteiger partial charge in [0.1, 0.15) is 0 Å². The van der Waals surface area contributed by atoms with Gasteiger partial charge in [0, 0.05) is 13.1 Å². The van der Waals surface area contributed by atoms with Crippen LogP contribution in [0.3, 0.4) is 0 Å². The van der Waals surface area contributed by atoms with E-state index in [2.05, 4.69) is 10.3 Å². The Balaban J connectivity index is 1.52. The molecule has 0 aliphatic carbocycles. The number of para-hydroxylation sites is 1. The number of likely N-dealkylation sites (tertiary alicyclic amines) is 1. The first-order chi connectivity index (χ1) is 11.1. The average Bonchev–Trinajstić information content (AvgIpc) is 3.25. The number of hydrogen-bond donors (Lipinski definition) is 1. The van der Waals surface area contributed by atoms with E-state index in [9.17, 15) is 14.4 Å². The number of thiazole rings is 1. The number of hydrogen-bond acceptors (Lipinski definition) is 5. The average molecular weight is 330 g/mol. The van der Waals surface area contributed by atoms with E-state index in [1.165, 1.54) is 16.2 Å². The summed E-state index contributed by atoms with van der Waals surface area (Å²) in [5.74, 6) is -0.366. The zero-order valence-electron chi connectivity index (χ0n) is 12.2. The monoisotopic (exact) mass is 330 g/mol. The molecule has 7 nitrogen and oxygen atoms in total. The molecule has 1 aromatic carbocycles. The molecule has 1 aromatic heterocycles. The minimum Gasteiger partial charge on any atom is -0.334 e. The Labute approximate surface area is 135 Å². The Bertz CT molecular complexity index is 769. The van der Waals surface area contributed by atoms with Crippen molar-refractivity contribution in [1.82, 2.24) is 20.1 Å². The third-order valence-corrected chi connectivity index (χ3v) is 5.20. The second kappa shape index (κ2) is 5.31. The van der Waals surface area contributed by atoms with Gasteiger partial charge in [0.15, 0.2) is 5.01 Å². The molecule has 0 saturated carbocycles. The minimum absolute atomic E-state index is 0.0428. The SMILES string of the molecule is O=C(c1nc2ccccc2s1)N1CCC(N2C(=O)CNC2=O)C1. The number of aromatic nitrogens is 1. The zero-order valence-corrected chi connectivity index (χ0v) is 13.0. The largest absolute Gasteiger partial charge is 0.334 e. The molecule has 2 saturated heterocycles. The summed E-state index contributed by atoms with van der Waals surface area (Å²) in [6.07, 6.45) is 0.607. The lowest BCUT2D eigenvalue weighted by Crippen LogP contribution is -2.42. The molecule has 3 heterocycles. The maximum atomic E-state index is 12.6. The maximum Gasteiger partial charge on any atom is 0.324 e. The minimum atomic E-state index is -0.366. The molecule has 4 amide bonds. The summed E-state index contributed by atoms with van der Waals surface area (Å²) in [7, 11) is 0. The Morgan fingerprint density at radius 3 is 2.87 bits per heavy atom. The van der Waals surface area contributed by atoms with Gasteiger partial charge in [-0.1, -0.05) is 12.1 Å². The number of urea groups is 1. The lowest BCUT2D eigenvalue weighted by atomic mass is 10.2. The van der Waals surface area contributed by atoms with E-state index < -0.39 is 0 Å². The topological polar surface area (TPSA) is 82.6 Å². The highest BCUT2D eigenvalue weighted by molar-refractivity contribution is 7.20. The molecule has 1 unspecified atom stereocenters. The van der Waals surface area contributed by atoms with Gasteiger partial charge in [0.05, 0.1) is 22.8 Å². The number of imide groups is 1. The molecule has 2 fully saturated rings. The number of nitrogens with zero attached hydrogens (tertiary/aromatic N) is 3. The van der Waals surface area contributed by atoms with E-state index in [1.807, 2.05) is 24.3 Å². The Hall–Kier alpha value is -2.48. The van der Waals surface area contributed by atoms with Gasteiger partial charge in [0.2, 0.25) is 5.91 Å². The van der Waals surface area contributed by atoms with Crippen molar-refractivity contribution in [2.75, 3.05) is 19.6 Å². The van der Waals surface area contributed by atoms with Crippen LogP contribution in [0.2, 0.25) is 0 Å². The molecule has 1 N–H and O–H groups in total. The van der Waals surface area contributed by atoms with Crippen LogP contribution >= 0.6 is 11.3 Å². The van der Waals surface area contributed by atoms with Crippen LogP contribution in [0.15, 0.2) is 24.3 Å². The maximum absolute atomic E-state index is 12.6. The molecule has 0 spiro atoms. The quantitative estimate of drug-likeness (QED) is 0.835. The molecule has 118 valence electrons. The van der Waals surface area contributed by atoms with Crippen molar-refractivity contribution in [3.8, 4) is 0 Å². The van der Waals surface area contributed by atoms with Gasteiger partial charge in [-0.05, 0) is 18.6 Å². The van der Waals surface area contributed by atoms with Crippen molar-refractivity contribution in [3.05, 3.63) is 29.3 Å². The lowest BCUT2D eigenvalue weighted by molar-refractivity contribution is -0.126. The third kappa shape index (κ3) is 2.35. The number of amides is 4. The van der Waals surface area contributed by atoms with Crippen molar-refractivity contribution >= 4 is 39.4 Å². The van der Waals surface area contributed by atoms with Crippen LogP contribution in [-0.4, -0.2) is 58.3 Å². The molecule has 2 aromatic rings. The number of nitrogens with one attached hydrogen (secondary N) is 1. The molecule has 0 radical (unpaired) electrons. The number of carbonyl (C=O) groups is 3. The summed E-state index contributed by atoms with van der Waals surface area (Å²) < 4.78 is 0.973. The van der Waals surface area contributed by atoms with Crippen LogP contribution in [-0.2, 0) is 4.79 Å². The number of fused-ring (bicyclic) bond motifs is 1. The van der Waals surface area contributed by atoms with Crippen molar-refractivity contribution in [3.63, 3.8) is 0 Å². The molecule has 0 bridgehead atoms. The summed E-state index contributed by atoms with van der Waals surface area (Å²) in [5, 5.41) is 2.96. The first-order valence-electron chi connectivity index (χ1n) is 7.38. The van der Waals surface area contributed by atoms with Gasteiger partial charge in [-0.15, -0.1) is 11.3 Å². The third-order valence-electron chi connectivity index (χ3n) is 4.17. The Morgan fingerprint density at radius 2 is 2.13 bits per heavy atom. The fourth-order valence-electron chi connectivity index (χ4n) is 3.04. The van der Waals surface area contributed by atoms with E-state index in [1.54, 1.807) is 4.90 Å². The van der Waals surface area contributed by atoms with Crippen LogP contribution in [0.4, 0.5) is 4.79 Å². The first kappa shape index (κ1) is 14.1. The van der Waals surface area contributed by atoms with Crippen LogP contribution in [0.25, 0.3) is 10.2 Å². The highest BCUT2D eigenvalue weighted by Gasteiger charge is 2.40. The molecule has 8 heteroatoms. The van der Waals surface area contributed by atoms with Crippen molar-refractivity contribution < 1.29 is 14.4 Å². The van der Waals surface area contributed by atoms with E-state index in [4.69, 9.17) is 0 Å². The van der Waals surface area contributed by atoms with Gasteiger partial charge < -0.3 is 10.2 Å². The highest BCUT2D eigenvalue weighted by atomic mass is 32.1. The first-order valence-corrected chi connectivity index (χ1v) is 8.20. The number of benzene rings is 1. The summed E-state index contributed by atoms with van der Waals surface area (Å²) in [5.41, 5.74) is 0.811. The standard InChI is InChI=1S/C15H14N4O3S/c20-12-7-16-15(22)19(12)9-5-6-18(8-9)14(21)13-17-10-3-1-2-4-11(10)23-13/h1-4,9H,5-8H2,(H,16,22). The van der Waals surface area contributed by atoms with E-state index in [0.717, 1.165) is 10.2 Å². The van der Waals surface area contributed by atoms with E-state index in [-0.39, 0.29) is 30.4 Å². The summed E-state index contributed by atoms with van der Waals surface area (Å²) in [6, 6.07) is 7.00. The van der Waals surface area contributed by atoms with Gasteiger partial charge in [0.25, 0.3) is 5.91 Å². The molecule has 2 aliphatic rings. The fourth-order valence-corrected chi connectivity index (χ4v) is 3.97. The number of carbonyl (C=O) groups excluding carboxylic acids is 3. The normalized spacial score (nSPS) is 21.3. The molecular weight excluding hydrogens is 316 g/mol. The van der Waals surface area contributed by atoms with Gasteiger partial charge in [-0.3, -0.25) is 14.5 Å². The number of rotatable bonds is 2. The van der Waals surface area contributed by atoms with Gasteiger partial charge >= 0.3 is 6.03 Å². The Morgan fingerprint density at radius 1 is 1.30 bits per heavy atom. The van der Waals surface area contributed by atoms with Gasteiger partial charge in [-0.25, -0.2) is 9.78 Å². The molecule has 23 heavy (non-hydrogen) atoms. The predicted octanol–water partition coefficient (Wildman–Crippen LogP) is 1.06. The van der Waals surface area contributed by atoms with Crippen LogP contribution in [0.5, 0.6) is 0 Å². The smallest absolute Gasteiger partial charge is 0.324 e. The van der Waals surface area contributed by atoms with Crippen LogP contribution in [0, 0.1) is 0 Å². The van der Waals surface area contributed by atoms with Crippen molar-refractivity contribution in [1.29, 1.82) is 0 Å². The lowest BCUT2D eigenvalue weighted by Gasteiger charge is -2.21. The molecular formula is C15H14N4O3S. The highest BCUT2D eigenvalue weighted by Crippen LogP contribution is 2.25. The Kier molecular flexibility index (Phi) is 3.26. The zero-order chi connectivity index (χ0) is 16.0. The van der Waals surface area contributed by atoms with E-state index >= 15 is 0 Å². The van der Waals surface area contributed by atoms with Crippen molar-refractivity contribution in [2.45, 2.75) is 12.5 Å². The van der Waals surface area contributed by atoms with Crippen LogP contribution in [0.1, 0.15) is 16.2 Å². The molecule has 2 aliphatic heterocycles. The summed E-state index contributed by atoms with van der Waals surface area (Å²) >= 11 is 1.36.